The molecule has 1 N–H and O–H groups in total. The molecule has 0 fully saturated rings. The number of carbonyl (C=O) groups is 1. The number of benzene rings is 2. The minimum absolute atomic E-state index is 0.0520. The molecular formula is C22H17Cl2N3O2S. The van der Waals surface area contributed by atoms with Crippen molar-refractivity contribution in [1.29, 1.82) is 5.26 Å². The van der Waals surface area contributed by atoms with Crippen molar-refractivity contribution in [3.63, 3.8) is 0 Å². The number of anilines is 1. The Hall–Kier alpha value is -2.85. The molecule has 0 spiro atoms. The summed E-state index contributed by atoms with van der Waals surface area (Å²) in [4.78, 5) is 17.0. The molecule has 0 aliphatic rings. The molecule has 0 bridgehead atoms. The van der Waals surface area contributed by atoms with Gasteiger partial charge in [0.2, 0.25) is 0 Å². The number of nitrogens with zero attached hydrogens (tertiary/aromatic N) is 2. The molecule has 0 radical (unpaired) electrons. The van der Waals surface area contributed by atoms with Gasteiger partial charge in [-0.2, -0.15) is 5.26 Å². The maximum absolute atomic E-state index is 12.6. The fourth-order valence-corrected chi connectivity index (χ4v) is 3.77. The molecule has 1 heterocycles. The largest absolute Gasteiger partial charge is 0.493 e. The highest BCUT2D eigenvalue weighted by Crippen LogP contribution is 2.32. The van der Waals surface area contributed by atoms with E-state index >= 15 is 0 Å². The van der Waals surface area contributed by atoms with E-state index in [1.165, 1.54) is 17.4 Å². The molecule has 152 valence electrons. The minimum Gasteiger partial charge on any atom is -0.493 e. The quantitative estimate of drug-likeness (QED) is 0.326. The smallest absolute Gasteiger partial charge is 0.268 e. The van der Waals surface area contributed by atoms with Crippen LogP contribution in [0.25, 0.3) is 17.3 Å². The summed E-state index contributed by atoms with van der Waals surface area (Å²) >= 11 is 13.4. The average molecular weight is 458 g/mol. The van der Waals surface area contributed by atoms with Crippen LogP contribution in [0.1, 0.15) is 18.9 Å². The zero-order valence-corrected chi connectivity index (χ0v) is 18.3. The number of aromatic nitrogens is 1. The van der Waals surface area contributed by atoms with Crippen LogP contribution >= 0.6 is 34.5 Å². The second-order valence-corrected chi connectivity index (χ2v) is 7.87. The summed E-state index contributed by atoms with van der Waals surface area (Å²) in [7, 11) is 0. The van der Waals surface area contributed by atoms with Crippen molar-refractivity contribution in [3.05, 3.63) is 69.0 Å². The monoisotopic (exact) mass is 457 g/mol. The van der Waals surface area contributed by atoms with Crippen LogP contribution < -0.4 is 10.1 Å². The third-order valence-electron chi connectivity index (χ3n) is 3.98. The molecule has 0 aliphatic heterocycles. The van der Waals surface area contributed by atoms with Crippen LogP contribution in [0.4, 0.5) is 5.13 Å². The molecule has 1 amide bonds. The van der Waals surface area contributed by atoms with Crippen LogP contribution in [0.2, 0.25) is 10.0 Å². The van der Waals surface area contributed by atoms with Gasteiger partial charge in [-0.25, -0.2) is 4.98 Å². The van der Waals surface area contributed by atoms with E-state index in [1.807, 2.05) is 25.1 Å². The molecule has 30 heavy (non-hydrogen) atoms. The Labute approximate surface area is 188 Å². The van der Waals surface area contributed by atoms with Gasteiger partial charge in [0.05, 0.1) is 17.3 Å². The Morgan fingerprint density at radius 2 is 2.10 bits per heavy atom. The second-order valence-electron chi connectivity index (χ2n) is 6.17. The van der Waals surface area contributed by atoms with Crippen molar-refractivity contribution in [2.75, 3.05) is 11.9 Å². The van der Waals surface area contributed by atoms with E-state index in [2.05, 4.69) is 10.3 Å². The molecule has 0 unspecified atom stereocenters. The van der Waals surface area contributed by atoms with Gasteiger partial charge in [0.25, 0.3) is 5.91 Å². The second kappa shape index (κ2) is 10.3. The third-order valence-corrected chi connectivity index (χ3v) is 5.28. The average Bonchev–Trinajstić information content (AvgIpc) is 3.19. The normalized spacial score (nSPS) is 11.1. The summed E-state index contributed by atoms with van der Waals surface area (Å²) in [6, 6.07) is 14.3. The van der Waals surface area contributed by atoms with Crippen LogP contribution in [0.3, 0.4) is 0 Å². The van der Waals surface area contributed by atoms with E-state index in [9.17, 15) is 10.1 Å². The van der Waals surface area contributed by atoms with Crippen LogP contribution in [0.15, 0.2) is 53.4 Å². The number of nitriles is 1. The molecular weight excluding hydrogens is 441 g/mol. The molecule has 0 saturated heterocycles. The van der Waals surface area contributed by atoms with Gasteiger partial charge in [-0.1, -0.05) is 48.3 Å². The van der Waals surface area contributed by atoms with Crippen LogP contribution in [-0.2, 0) is 4.79 Å². The predicted octanol–water partition coefficient (Wildman–Crippen LogP) is 6.45. The number of para-hydroxylation sites is 1. The Morgan fingerprint density at radius 3 is 2.83 bits per heavy atom. The Morgan fingerprint density at radius 1 is 1.30 bits per heavy atom. The first-order valence-electron chi connectivity index (χ1n) is 9.07. The lowest BCUT2D eigenvalue weighted by Crippen LogP contribution is -2.13. The first-order chi connectivity index (χ1) is 14.5. The van der Waals surface area contributed by atoms with Gasteiger partial charge < -0.3 is 4.74 Å². The molecule has 8 heteroatoms. The van der Waals surface area contributed by atoms with Gasteiger partial charge in [-0.05, 0) is 36.8 Å². The number of rotatable bonds is 7. The van der Waals surface area contributed by atoms with Crippen LogP contribution in [-0.4, -0.2) is 17.5 Å². The van der Waals surface area contributed by atoms with E-state index < -0.39 is 5.91 Å². The molecule has 0 aliphatic carbocycles. The maximum Gasteiger partial charge on any atom is 0.268 e. The van der Waals surface area contributed by atoms with Gasteiger partial charge >= 0.3 is 0 Å². The first kappa shape index (κ1) is 21.8. The lowest BCUT2D eigenvalue weighted by atomic mass is 10.1. The summed E-state index contributed by atoms with van der Waals surface area (Å²) in [6.45, 7) is 2.56. The van der Waals surface area contributed by atoms with E-state index in [0.717, 1.165) is 6.42 Å². The van der Waals surface area contributed by atoms with Gasteiger partial charge in [0, 0.05) is 21.5 Å². The SMILES string of the molecule is CCCOc1ccccc1/C=C(\C#N)C(=O)Nc1nc(-c2ccc(Cl)cc2Cl)cs1. The lowest BCUT2D eigenvalue weighted by molar-refractivity contribution is -0.112. The van der Waals surface area contributed by atoms with Crippen molar-refractivity contribution >= 4 is 51.7 Å². The van der Waals surface area contributed by atoms with Gasteiger partial charge in [0.15, 0.2) is 5.13 Å². The number of thiazole rings is 1. The predicted molar refractivity (Wildman–Crippen MR) is 122 cm³/mol. The Kier molecular flexibility index (Phi) is 7.47. The molecule has 0 atom stereocenters. The number of carbonyl (C=O) groups excluding carboxylic acids is 1. The molecule has 1 aromatic heterocycles. The summed E-state index contributed by atoms with van der Waals surface area (Å²) in [5, 5.41) is 15.3. The van der Waals surface area contributed by atoms with E-state index in [0.29, 0.717) is 44.4 Å². The molecule has 3 rings (SSSR count). The highest BCUT2D eigenvalue weighted by Gasteiger charge is 2.15. The number of halogens is 2. The lowest BCUT2D eigenvalue weighted by Gasteiger charge is -2.08. The van der Waals surface area contributed by atoms with Crippen molar-refractivity contribution in [2.24, 2.45) is 0 Å². The van der Waals surface area contributed by atoms with E-state index in [4.69, 9.17) is 27.9 Å². The van der Waals surface area contributed by atoms with Crippen molar-refractivity contribution in [2.45, 2.75) is 13.3 Å². The molecule has 5 nitrogen and oxygen atoms in total. The summed E-state index contributed by atoms with van der Waals surface area (Å²) in [5.41, 5.74) is 1.92. The fraction of sp³-hybridized carbons (Fsp3) is 0.136. The zero-order chi connectivity index (χ0) is 21.5. The molecule has 3 aromatic rings. The third kappa shape index (κ3) is 5.39. The summed E-state index contributed by atoms with van der Waals surface area (Å²) < 4.78 is 5.68. The number of nitrogens with one attached hydrogen (secondary N) is 1. The van der Waals surface area contributed by atoms with Gasteiger partial charge in [-0.3, -0.25) is 10.1 Å². The van der Waals surface area contributed by atoms with Crippen molar-refractivity contribution < 1.29 is 9.53 Å². The zero-order valence-electron chi connectivity index (χ0n) is 16.0. The maximum atomic E-state index is 12.6. The fourth-order valence-electron chi connectivity index (χ4n) is 2.56. The van der Waals surface area contributed by atoms with Crippen molar-refractivity contribution in [3.8, 4) is 23.1 Å². The van der Waals surface area contributed by atoms with Crippen LogP contribution in [0, 0.1) is 11.3 Å². The number of ether oxygens (including phenoxy) is 1. The van der Waals surface area contributed by atoms with E-state index in [1.54, 1.807) is 35.7 Å². The standard InChI is InChI=1S/C22H17Cl2N3O2S/c1-2-9-29-20-6-4-3-5-14(20)10-15(12-25)21(28)27-22-26-19(13-30-22)17-8-7-16(23)11-18(17)24/h3-8,10-11,13H,2,9H2,1H3,(H,26,27,28)/b15-10+. The summed E-state index contributed by atoms with van der Waals surface area (Å²) in [5.74, 6) is 0.0692. The molecule has 2 aromatic carbocycles. The van der Waals surface area contributed by atoms with Gasteiger partial charge in [-0.15, -0.1) is 11.3 Å². The van der Waals surface area contributed by atoms with Crippen LogP contribution in [0.5, 0.6) is 5.75 Å². The highest BCUT2D eigenvalue weighted by atomic mass is 35.5. The number of hydrogen-bond donors (Lipinski definition) is 1. The van der Waals surface area contributed by atoms with Gasteiger partial charge in [0.1, 0.15) is 17.4 Å². The summed E-state index contributed by atoms with van der Waals surface area (Å²) in [6.07, 6.45) is 2.36. The molecule has 0 saturated carbocycles. The van der Waals surface area contributed by atoms with Crippen molar-refractivity contribution in [1.82, 2.24) is 4.98 Å². The Bertz CT molecular complexity index is 1140. The topological polar surface area (TPSA) is 75.0 Å². The minimum atomic E-state index is -0.550. The Balaban J connectivity index is 1.79. The highest BCUT2D eigenvalue weighted by molar-refractivity contribution is 7.14. The van der Waals surface area contributed by atoms with E-state index in [-0.39, 0.29) is 5.57 Å². The first-order valence-corrected chi connectivity index (χ1v) is 10.7. The number of hydrogen-bond acceptors (Lipinski definition) is 5. The number of amides is 1.